The van der Waals surface area contributed by atoms with Crippen LogP contribution in [-0.4, -0.2) is 8.42 Å². The molecule has 0 saturated heterocycles. The largest absolute Gasteiger partial charge is 0.223 e. The molecule has 0 N–H and O–H groups in total. The predicted octanol–water partition coefficient (Wildman–Crippen LogP) is 5.24. The minimum atomic E-state index is -3.39. The molecule has 2 rings (SSSR count). The quantitative estimate of drug-likeness (QED) is 0.701. The molecule has 1 unspecified atom stereocenters. The van der Waals surface area contributed by atoms with Gasteiger partial charge in [0.2, 0.25) is 0 Å². The van der Waals surface area contributed by atoms with E-state index in [0.717, 1.165) is 21.6 Å². The summed E-state index contributed by atoms with van der Waals surface area (Å²) in [4.78, 5) is 1.31. The maximum Gasteiger partial charge on any atom is 0.186 e. The van der Waals surface area contributed by atoms with E-state index in [1.807, 2.05) is 57.4 Å². The fourth-order valence-electron chi connectivity index (χ4n) is 2.25. The Morgan fingerprint density at radius 3 is 2.27 bits per heavy atom. The fraction of sp³-hybridized carbons (Fsp3) is 0.333. The molecule has 0 spiro atoms. The molecule has 1 aromatic carbocycles. The SMILES string of the molecule is CC(C)=CCC(c1cc(C)cs1)S(=O)(=O)c1ccc(C)cc1. The van der Waals surface area contributed by atoms with Gasteiger partial charge in [0.1, 0.15) is 5.25 Å². The van der Waals surface area contributed by atoms with Crippen molar-refractivity contribution in [2.75, 3.05) is 0 Å². The lowest BCUT2D eigenvalue weighted by atomic mass is 10.2. The Balaban J connectivity index is 2.47. The Morgan fingerprint density at radius 1 is 1.14 bits per heavy atom. The Labute approximate surface area is 137 Å². The summed E-state index contributed by atoms with van der Waals surface area (Å²) in [7, 11) is -3.39. The third-order valence-electron chi connectivity index (χ3n) is 3.53. The van der Waals surface area contributed by atoms with Gasteiger partial charge in [0.25, 0.3) is 0 Å². The Bertz CT molecular complexity index is 762. The number of rotatable bonds is 5. The second-order valence-corrected chi connectivity index (χ2v) is 8.96. The van der Waals surface area contributed by atoms with E-state index in [1.54, 1.807) is 12.1 Å². The molecule has 118 valence electrons. The molecular weight excluding hydrogens is 312 g/mol. The van der Waals surface area contributed by atoms with Crippen LogP contribution in [0.2, 0.25) is 0 Å². The van der Waals surface area contributed by atoms with Gasteiger partial charge in [-0.2, -0.15) is 0 Å². The Morgan fingerprint density at radius 2 is 1.77 bits per heavy atom. The molecule has 0 saturated carbocycles. The van der Waals surface area contributed by atoms with Gasteiger partial charge < -0.3 is 0 Å². The molecule has 0 amide bonds. The van der Waals surface area contributed by atoms with Crippen molar-refractivity contribution in [2.24, 2.45) is 0 Å². The van der Waals surface area contributed by atoms with Gasteiger partial charge in [-0.05, 0) is 63.3 Å². The number of thiophene rings is 1. The number of allylic oxidation sites excluding steroid dienone is 2. The van der Waals surface area contributed by atoms with E-state index in [4.69, 9.17) is 0 Å². The average Bonchev–Trinajstić information content (AvgIpc) is 2.85. The third kappa shape index (κ3) is 3.87. The Kier molecular flexibility index (Phi) is 5.24. The van der Waals surface area contributed by atoms with Gasteiger partial charge in [0.05, 0.1) is 4.90 Å². The van der Waals surface area contributed by atoms with E-state index in [0.29, 0.717) is 11.3 Å². The molecule has 2 nitrogen and oxygen atoms in total. The lowest BCUT2D eigenvalue weighted by Crippen LogP contribution is -2.12. The molecule has 0 aliphatic heterocycles. The van der Waals surface area contributed by atoms with Crippen molar-refractivity contribution in [1.29, 1.82) is 0 Å². The predicted molar refractivity (Wildman–Crippen MR) is 94.2 cm³/mol. The van der Waals surface area contributed by atoms with Crippen LogP contribution in [0.1, 0.15) is 41.5 Å². The first-order valence-electron chi connectivity index (χ1n) is 7.29. The summed E-state index contributed by atoms with van der Waals surface area (Å²) in [6.07, 6.45) is 2.52. The molecule has 0 fully saturated rings. The summed E-state index contributed by atoms with van der Waals surface area (Å²) in [6.45, 7) is 7.95. The van der Waals surface area contributed by atoms with Crippen LogP contribution in [0, 0.1) is 13.8 Å². The number of aryl methyl sites for hydroxylation is 2. The summed E-state index contributed by atoms with van der Waals surface area (Å²) < 4.78 is 26.1. The zero-order chi connectivity index (χ0) is 16.3. The van der Waals surface area contributed by atoms with Crippen LogP contribution in [0.25, 0.3) is 0 Å². The summed E-state index contributed by atoms with van der Waals surface area (Å²) >= 11 is 1.53. The minimum absolute atomic E-state index is 0.399. The van der Waals surface area contributed by atoms with Crippen molar-refractivity contribution < 1.29 is 8.42 Å². The zero-order valence-corrected chi connectivity index (χ0v) is 15.1. The van der Waals surface area contributed by atoms with Gasteiger partial charge >= 0.3 is 0 Å². The highest BCUT2D eigenvalue weighted by Gasteiger charge is 2.29. The molecule has 1 atom stereocenters. The van der Waals surface area contributed by atoms with Gasteiger partial charge in [-0.15, -0.1) is 11.3 Å². The molecule has 1 aromatic heterocycles. The molecule has 4 heteroatoms. The summed E-state index contributed by atoms with van der Waals surface area (Å²) in [6, 6.07) is 9.11. The van der Waals surface area contributed by atoms with Crippen LogP contribution in [0.15, 0.2) is 52.3 Å². The first-order chi connectivity index (χ1) is 10.3. The van der Waals surface area contributed by atoms with Gasteiger partial charge in [0.15, 0.2) is 9.84 Å². The second-order valence-electron chi connectivity index (χ2n) is 5.89. The Hall–Kier alpha value is -1.39. The van der Waals surface area contributed by atoms with Crippen molar-refractivity contribution in [3.05, 3.63) is 63.4 Å². The average molecular weight is 335 g/mol. The molecule has 1 heterocycles. The van der Waals surface area contributed by atoms with Gasteiger partial charge in [-0.1, -0.05) is 29.3 Å². The zero-order valence-electron chi connectivity index (χ0n) is 13.5. The smallest absolute Gasteiger partial charge is 0.186 e. The molecule has 2 aromatic rings. The molecule has 0 aliphatic rings. The maximum absolute atomic E-state index is 13.0. The highest BCUT2D eigenvalue weighted by Crippen LogP contribution is 2.36. The first-order valence-corrected chi connectivity index (χ1v) is 9.72. The van der Waals surface area contributed by atoms with Crippen LogP contribution in [0.3, 0.4) is 0 Å². The molecule has 0 radical (unpaired) electrons. The van der Waals surface area contributed by atoms with Crippen molar-refractivity contribution >= 4 is 21.2 Å². The minimum Gasteiger partial charge on any atom is -0.223 e. The van der Waals surface area contributed by atoms with Crippen LogP contribution < -0.4 is 0 Å². The number of hydrogen-bond donors (Lipinski definition) is 0. The number of benzene rings is 1. The van der Waals surface area contributed by atoms with Crippen molar-refractivity contribution in [3.8, 4) is 0 Å². The van der Waals surface area contributed by atoms with Gasteiger partial charge in [-0.3, -0.25) is 0 Å². The molecule has 22 heavy (non-hydrogen) atoms. The standard InChI is InChI=1S/C18H22O2S2/c1-13(2)5-10-18(17-11-15(4)12-21-17)22(19,20)16-8-6-14(3)7-9-16/h5-9,11-12,18H,10H2,1-4H3. The van der Waals surface area contributed by atoms with Crippen molar-refractivity contribution in [1.82, 2.24) is 0 Å². The van der Waals surface area contributed by atoms with Crippen molar-refractivity contribution in [3.63, 3.8) is 0 Å². The highest BCUT2D eigenvalue weighted by molar-refractivity contribution is 7.91. The van der Waals surface area contributed by atoms with E-state index < -0.39 is 15.1 Å². The maximum atomic E-state index is 13.0. The van der Waals surface area contributed by atoms with Crippen LogP contribution >= 0.6 is 11.3 Å². The van der Waals surface area contributed by atoms with Crippen LogP contribution in [0.5, 0.6) is 0 Å². The molecular formula is C18H22O2S2. The van der Waals surface area contributed by atoms with E-state index in [2.05, 4.69) is 0 Å². The van der Waals surface area contributed by atoms with E-state index in [-0.39, 0.29) is 0 Å². The van der Waals surface area contributed by atoms with Gasteiger partial charge in [-0.25, -0.2) is 8.42 Å². The number of hydrogen-bond acceptors (Lipinski definition) is 3. The summed E-state index contributed by atoms with van der Waals surface area (Å²) in [5.41, 5.74) is 3.31. The lowest BCUT2D eigenvalue weighted by Gasteiger charge is -2.15. The highest BCUT2D eigenvalue weighted by atomic mass is 32.2. The van der Waals surface area contributed by atoms with E-state index >= 15 is 0 Å². The van der Waals surface area contributed by atoms with Crippen molar-refractivity contribution in [2.45, 2.75) is 44.3 Å². The van der Waals surface area contributed by atoms with E-state index in [9.17, 15) is 8.42 Å². The summed E-state index contributed by atoms with van der Waals surface area (Å²) in [5, 5.41) is 1.50. The van der Waals surface area contributed by atoms with Crippen LogP contribution in [-0.2, 0) is 9.84 Å². The van der Waals surface area contributed by atoms with Gasteiger partial charge in [0, 0.05) is 4.88 Å². The fourth-order valence-corrected chi connectivity index (χ4v) is 5.26. The monoisotopic (exact) mass is 334 g/mol. The van der Waals surface area contributed by atoms with E-state index in [1.165, 1.54) is 11.3 Å². The topological polar surface area (TPSA) is 34.1 Å². The lowest BCUT2D eigenvalue weighted by molar-refractivity contribution is 0.583. The second kappa shape index (κ2) is 6.80. The normalized spacial score (nSPS) is 12.9. The summed E-state index contributed by atoms with van der Waals surface area (Å²) in [5.74, 6) is 0. The van der Waals surface area contributed by atoms with Crippen LogP contribution in [0.4, 0.5) is 0 Å². The third-order valence-corrected chi connectivity index (χ3v) is 6.97. The first kappa shape index (κ1) is 17.0. The number of sulfone groups is 1. The molecule has 0 bridgehead atoms. The molecule has 0 aliphatic carbocycles.